The van der Waals surface area contributed by atoms with Gasteiger partial charge in [0.25, 0.3) is 5.91 Å². The maximum absolute atomic E-state index is 12.1. The number of carbonyl (C=O) groups is 1. The van der Waals surface area contributed by atoms with Crippen molar-refractivity contribution in [2.75, 3.05) is 7.11 Å². The average molecular weight is 290 g/mol. The van der Waals surface area contributed by atoms with E-state index in [9.17, 15) is 4.79 Å². The molecule has 2 rings (SSSR count). The lowest BCUT2D eigenvalue weighted by Crippen LogP contribution is -2.26. The summed E-state index contributed by atoms with van der Waals surface area (Å²) in [5.41, 5.74) is 1.61. The number of carbonyl (C=O) groups excluding carboxylic acids is 1. The minimum Gasteiger partial charge on any atom is -0.497 e. The quantitative estimate of drug-likeness (QED) is 0.929. The lowest BCUT2D eigenvalue weighted by Gasteiger charge is -2.15. The summed E-state index contributed by atoms with van der Waals surface area (Å²) in [6.45, 7) is 1.94. The van der Waals surface area contributed by atoms with Crippen LogP contribution in [-0.4, -0.2) is 13.0 Å². The summed E-state index contributed by atoms with van der Waals surface area (Å²) >= 11 is 5.80. The number of amides is 1. The Bertz CT molecular complexity index is 578. The maximum atomic E-state index is 12.1. The molecule has 0 saturated carbocycles. The van der Waals surface area contributed by atoms with Crippen LogP contribution >= 0.6 is 11.6 Å². The Kier molecular flexibility index (Phi) is 4.64. The third-order valence-electron chi connectivity index (χ3n) is 3.07. The lowest BCUT2D eigenvalue weighted by atomic mass is 10.1. The maximum Gasteiger partial charge on any atom is 0.251 e. The number of benzene rings is 2. The Morgan fingerprint density at radius 3 is 2.25 bits per heavy atom. The van der Waals surface area contributed by atoms with Crippen molar-refractivity contribution in [1.29, 1.82) is 0 Å². The van der Waals surface area contributed by atoms with Crippen molar-refractivity contribution in [3.63, 3.8) is 0 Å². The molecule has 0 aliphatic carbocycles. The van der Waals surface area contributed by atoms with Crippen molar-refractivity contribution in [3.8, 4) is 5.75 Å². The van der Waals surface area contributed by atoms with Crippen LogP contribution in [0.4, 0.5) is 0 Å². The summed E-state index contributed by atoms with van der Waals surface area (Å²) in [4.78, 5) is 12.1. The average Bonchev–Trinajstić information content (AvgIpc) is 2.48. The van der Waals surface area contributed by atoms with Crippen LogP contribution in [0.3, 0.4) is 0 Å². The second-order valence-corrected chi connectivity index (χ2v) is 4.91. The van der Waals surface area contributed by atoms with Crippen molar-refractivity contribution in [1.82, 2.24) is 5.32 Å². The van der Waals surface area contributed by atoms with E-state index in [-0.39, 0.29) is 11.9 Å². The van der Waals surface area contributed by atoms with Crippen LogP contribution < -0.4 is 10.1 Å². The monoisotopic (exact) mass is 289 g/mol. The van der Waals surface area contributed by atoms with Crippen molar-refractivity contribution < 1.29 is 9.53 Å². The third kappa shape index (κ3) is 3.52. The Morgan fingerprint density at radius 1 is 1.10 bits per heavy atom. The zero-order chi connectivity index (χ0) is 14.5. The SMILES string of the molecule is COc1ccc([C@@H](C)NC(=O)c2ccc(Cl)cc2)cc1. The third-order valence-corrected chi connectivity index (χ3v) is 3.32. The topological polar surface area (TPSA) is 38.3 Å². The highest BCUT2D eigenvalue weighted by molar-refractivity contribution is 6.30. The zero-order valence-electron chi connectivity index (χ0n) is 11.4. The molecule has 2 aromatic rings. The highest BCUT2D eigenvalue weighted by Crippen LogP contribution is 2.18. The van der Waals surface area contributed by atoms with Gasteiger partial charge in [0.1, 0.15) is 5.75 Å². The highest BCUT2D eigenvalue weighted by atomic mass is 35.5. The van der Waals surface area contributed by atoms with Gasteiger partial charge in [0.2, 0.25) is 0 Å². The van der Waals surface area contributed by atoms with Gasteiger partial charge in [-0.25, -0.2) is 0 Å². The van der Waals surface area contributed by atoms with Gasteiger partial charge in [0.05, 0.1) is 13.2 Å². The molecule has 0 aliphatic heterocycles. The number of hydrogen-bond acceptors (Lipinski definition) is 2. The van der Waals surface area contributed by atoms with E-state index in [4.69, 9.17) is 16.3 Å². The molecule has 0 heterocycles. The molecular weight excluding hydrogens is 274 g/mol. The number of nitrogens with one attached hydrogen (secondary N) is 1. The molecular formula is C16H16ClNO2. The van der Waals surface area contributed by atoms with Gasteiger partial charge in [0, 0.05) is 10.6 Å². The molecule has 0 fully saturated rings. The van der Waals surface area contributed by atoms with Gasteiger partial charge in [0.15, 0.2) is 0 Å². The Labute approximate surface area is 123 Å². The van der Waals surface area contributed by atoms with Crippen LogP contribution in [0, 0.1) is 0 Å². The van der Waals surface area contributed by atoms with E-state index < -0.39 is 0 Å². The molecule has 0 radical (unpaired) electrons. The fraction of sp³-hybridized carbons (Fsp3) is 0.188. The van der Waals surface area contributed by atoms with Crippen LogP contribution in [-0.2, 0) is 0 Å². The van der Waals surface area contributed by atoms with Crippen molar-refractivity contribution in [2.45, 2.75) is 13.0 Å². The number of methoxy groups -OCH3 is 1. The number of rotatable bonds is 4. The van der Waals surface area contributed by atoms with Crippen LogP contribution in [0.5, 0.6) is 5.75 Å². The molecule has 2 aromatic carbocycles. The molecule has 20 heavy (non-hydrogen) atoms. The standard InChI is InChI=1S/C16H16ClNO2/c1-11(12-5-9-15(20-2)10-6-12)18-16(19)13-3-7-14(17)8-4-13/h3-11H,1-2H3,(H,18,19)/t11-/m1/s1. The van der Waals surface area contributed by atoms with Crippen molar-refractivity contribution in [3.05, 3.63) is 64.7 Å². The molecule has 0 aliphatic rings. The normalized spacial score (nSPS) is 11.8. The molecule has 0 unspecified atom stereocenters. The molecule has 0 spiro atoms. The van der Waals surface area contributed by atoms with E-state index >= 15 is 0 Å². The number of hydrogen-bond donors (Lipinski definition) is 1. The fourth-order valence-electron chi connectivity index (χ4n) is 1.86. The molecule has 1 N–H and O–H groups in total. The summed E-state index contributed by atoms with van der Waals surface area (Å²) in [5, 5.41) is 3.56. The van der Waals surface area contributed by atoms with E-state index in [1.807, 2.05) is 31.2 Å². The molecule has 0 saturated heterocycles. The summed E-state index contributed by atoms with van der Waals surface area (Å²) in [7, 11) is 1.63. The van der Waals surface area contributed by atoms with Gasteiger partial charge in [-0.3, -0.25) is 4.79 Å². The van der Waals surface area contributed by atoms with E-state index in [1.165, 1.54) is 0 Å². The summed E-state index contributed by atoms with van der Waals surface area (Å²) in [6, 6.07) is 14.4. The van der Waals surface area contributed by atoms with Crippen LogP contribution in [0.2, 0.25) is 5.02 Å². The number of ether oxygens (including phenoxy) is 1. The minimum absolute atomic E-state index is 0.0796. The molecule has 0 aromatic heterocycles. The number of halogens is 1. The van der Waals surface area contributed by atoms with Crippen LogP contribution in [0.25, 0.3) is 0 Å². The largest absolute Gasteiger partial charge is 0.497 e. The van der Waals surface area contributed by atoms with Gasteiger partial charge < -0.3 is 10.1 Å². The zero-order valence-corrected chi connectivity index (χ0v) is 12.1. The summed E-state index contributed by atoms with van der Waals surface area (Å²) in [6.07, 6.45) is 0. The van der Waals surface area contributed by atoms with Gasteiger partial charge in [-0.2, -0.15) is 0 Å². The van der Waals surface area contributed by atoms with E-state index in [1.54, 1.807) is 31.4 Å². The summed E-state index contributed by atoms with van der Waals surface area (Å²) in [5.74, 6) is 0.676. The van der Waals surface area contributed by atoms with E-state index in [0.717, 1.165) is 11.3 Å². The van der Waals surface area contributed by atoms with Gasteiger partial charge >= 0.3 is 0 Å². The second-order valence-electron chi connectivity index (χ2n) is 4.48. The van der Waals surface area contributed by atoms with E-state index in [0.29, 0.717) is 10.6 Å². The van der Waals surface area contributed by atoms with Crippen molar-refractivity contribution in [2.24, 2.45) is 0 Å². The first kappa shape index (κ1) is 14.4. The highest BCUT2D eigenvalue weighted by Gasteiger charge is 2.11. The lowest BCUT2D eigenvalue weighted by molar-refractivity contribution is 0.0940. The van der Waals surface area contributed by atoms with Crippen molar-refractivity contribution >= 4 is 17.5 Å². The molecule has 104 valence electrons. The first-order valence-electron chi connectivity index (χ1n) is 6.30. The van der Waals surface area contributed by atoms with Gasteiger partial charge in [-0.05, 0) is 48.9 Å². The first-order valence-corrected chi connectivity index (χ1v) is 6.68. The molecule has 3 nitrogen and oxygen atoms in total. The molecule has 0 bridgehead atoms. The smallest absolute Gasteiger partial charge is 0.251 e. The molecule has 1 amide bonds. The van der Waals surface area contributed by atoms with Gasteiger partial charge in [-0.1, -0.05) is 23.7 Å². The van der Waals surface area contributed by atoms with Gasteiger partial charge in [-0.15, -0.1) is 0 Å². The predicted molar refractivity (Wildman–Crippen MR) is 80.3 cm³/mol. The fourth-order valence-corrected chi connectivity index (χ4v) is 1.98. The predicted octanol–water partition coefficient (Wildman–Crippen LogP) is 3.84. The van der Waals surface area contributed by atoms with Crippen LogP contribution in [0.1, 0.15) is 28.9 Å². The minimum atomic E-state index is -0.120. The first-order chi connectivity index (χ1) is 9.60. The molecule has 1 atom stereocenters. The van der Waals surface area contributed by atoms with Crippen LogP contribution in [0.15, 0.2) is 48.5 Å². The Morgan fingerprint density at radius 2 is 1.70 bits per heavy atom. The second kappa shape index (κ2) is 6.44. The Hall–Kier alpha value is -2.00. The Balaban J connectivity index is 2.04. The van der Waals surface area contributed by atoms with E-state index in [2.05, 4.69) is 5.32 Å². The molecule has 4 heteroatoms. The summed E-state index contributed by atoms with van der Waals surface area (Å²) < 4.78 is 5.11.